The SMILES string of the molecule is C/C=C/CCNC(=O)c1cccc(C(=O)O)n1. The predicted octanol–water partition coefficient (Wildman–Crippen LogP) is 1.48. The number of carboxylic acid groups (broad SMARTS) is 1. The Hall–Kier alpha value is -2.17. The topological polar surface area (TPSA) is 79.3 Å². The van der Waals surface area contributed by atoms with Crippen LogP contribution >= 0.6 is 0 Å². The molecule has 1 aromatic heterocycles. The number of nitrogens with zero attached hydrogens (tertiary/aromatic N) is 1. The van der Waals surface area contributed by atoms with Crippen molar-refractivity contribution in [2.75, 3.05) is 6.54 Å². The molecule has 5 heteroatoms. The number of amides is 1. The number of rotatable bonds is 5. The molecule has 0 fully saturated rings. The van der Waals surface area contributed by atoms with Crippen molar-refractivity contribution >= 4 is 11.9 Å². The zero-order chi connectivity index (χ0) is 12.7. The van der Waals surface area contributed by atoms with E-state index in [1.807, 2.05) is 19.1 Å². The third kappa shape index (κ3) is 4.06. The number of carbonyl (C=O) groups excluding carboxylic acids is 1. The molecular formula is C12H14N2O3. The van der Waals surface area contributed by atoms with Crippen LogP contribution in [0, 0.1) is 0 Å². The highest BCUT2D eigenvalue weighted by Crippen LogP contribution is 1.99. The molecule has 0 aliphatic carbocycles. The molecule has 0 saturated heterocycles. The average Bonchev–Trinajstić information content (AvgIpc) is 2.34. The molecule has 5 nitrogen and oxygen atoms in total. The van der Waals surface area contributed by atoms with E-state index >= 15 is 0 Å². The van der Waals surface area contributed by atoms with Gasteiger partial charge in [0.2, 0.25) is 0 Å². The summed E-state index contributed by atoms with van der Waals surface area (Å²) in [6.07, 6.45) is 4.57. The molecule has 0 aliphatic rings. The van der Waals surface area contributed by atoms with Crippen molar-refractivity contribution in [3.05, 3.63) is 41.7 Å². The first kappa shape index (κ1) is 12.9. The minimum atomic E-state index is -1.14. The number of aromatic nitrogens is 1. The van der Waals surface area contributed by atoms with Crippen LogP contribution < -0.4 is 5.32 Å². The maximum atomic E-state index is 11.6. The second kappa shape index (κ2) is 6.42. The van der Waals surface area contributed by atoms with E-state index in [9.17, 15) is 9.59 Å². The summed E-state index contributed by atoms with van der Waals surface area (Å²) in [6.45, 7) is 2.40. The van der Waals surface area contributed by atoms with Crippen molar-refractivity contribution in [2.45, 2.75) is 13.3 Å². The largest absolute Gasteiger partial charge is 0.477 e. The molecular weight excluding hydrogens is 220 g/mol. The van der Waals surface area contributed by atoms with Gasteiger partial charge in [-0.1, -0.05) is 18.2 Å². The second-order valence-electron chi connectivity index (χ2n) is 3.33. The molecule has 0 saturated carbocycles. The van der Waals surface area contributed by atoms with Crippen LogP contribution in [0.4, 0.5) is 0 Å². The summed E-state index contributed by atoms with van der Waals surface area (Å²) in [5, 5.41) is 11.4. The summed E-state index contributed by atoms with van der Waals surface area (Å²) < 4.78 is 0. The smallest absolute Gasteiger partial charge is 0.354 e. The Morgan fingerprint density at radius 2 is 2.12 bits per heavy atom. The van der Waals surface area contributed by atoms with Gasteiger partial charge in [-0.3, -0.25) is 4.79 Å². The van der Waals surface area contributed by atoms with Crippen molar-refractivity contribution < 1.29 is 14.7 Å². The first-order chi connectivity index (χ1) is 8.15. The molecule has 17 heavy (non-hydrogen) atoms. The van der Waals surface area contributed by atoms with Gasteiger partial charge in [0.25, 0.3) is 5.91 Å². The van der Waals surface area contributed by atoms with Gasteiger partial charge in [-0.2, -0.15) is 0 Å². The monoisotopic (exact) mass is 234 g/mol. The summed E-state index contributed by atoms with van der Waals surface area (Å²) in [6, 6.07) is 4.33. The molecule has 0 unspecified atom stereocenters. The third-order valence-electron chi connectivity index (χ3n) is 2.03. The molecule has 2 N–H and O–H groups in total. The normalized spacial score (nSPS) is 10.4. The van der Waals surface area contributed by atoms with Crippen LogP contribution in [0.1, 0.15) is 34.3 Å². The van der Waals surface area contributed by atoms with Crippen LogP contribution in [0.15, 0.2) is 30.4 Å². The van der Waals surface area contributed by atoms with E-state index < -0.39 is 5.97 Å². The molecule has 0 aliphatic heterocycles. The summed E-state index contributed by atoms with van der Waals surface area (Å²) in [7, 11) is 0. The van der Waals surface area contributed by atoms with Gasteiger partial charge in [-0.15, -0.1) is 0 Å². The van der Waals surface area contributed by atoms with Gasteiger partial charge in [0.1, 0.15) is 11.4 Å². The third-order valence-corrected chi connectivity index (χ3v) is 2.03. The highest BCUT2D eigenvalue weighted by atomic mass is 16.4. The molecule has 1 heterocycles. The van der Waals surface area contributed by atoms with Crippen LogP contribution in [-0.4, -0.2) is 28.5 Å². The minimum absolute atomic E-state index is 0.116. The number of hydrogen-bond donors (Lipinski definition) is 2. The van der Waals surface area contributed by atoms with Crippen LogP contribution in [-0.2, 0) is 0 Å². The predicted molar refractivity (Wildman–Crippen MR) is 63.0 cm³/mol. The Kier molecular flexibility index (Phi) is 4.87. The van der Waals surface area contributed by atoms with E-state index in [1.54, 1.807) is 0 Å². The number of carboxylic acids is 1. The van der Waals surface area contributed by atoms with Gasteiger partial charge in [0.15, 0.2) is 0 Å². The van der Waals surface area contributed by atoms with Crippen molar-refractivity contribution in [3.8, 4) is 0 Å². The fourth-order valence-electron chi connectivity index (χ4n) is 1.21. The summed E-state index contributed by atoms with van der Waals surface area (Å²) >= 11 is 0. The Labute approximate surface area is 99.2 Å². The zero-order valence-corrected chi connectivity index (χ0v) is 9.51. The molecule has 0 radical (unpaired) electrons. The highest BCUT2D eigenvalue weighted by Gasteiger charge is 2.10. The number of aromatic carboxylic acids is 1. The van der Waals surface area contributed by atoms with Crippen LogP contribution in [0.3, 0.4) is 0 Å². The lowest BCUT2D eigenvalue weighted by atomic mass is 10.3. The van der Waals surface area contributed by atoms with E-state index in [2.05, 4.69) is 10.3 Å². The van der Waals surface area contributed by atoms with E-state index in [-0.39, 0.29) is 17.3 Å². The summed E-state index contributed by atoms with van der Waals surface area (Å²) in [4.78, 5) is 26.0. The van der Waals surface area contributed by atoms with E-state index in [4.69, 9.17) is 5.11 Å². The van der Waals surface area contributed by atoms with E-state index in [0.29, 0.717) is 6.54 Å². The molecule has 0 spiro atoms. The second-order valence-corrected chi connectivity index (χ2v) is 3.33. The summed E-state index contributed by atoms with van der Waals surface area (Å²) in [5.41, 5.74) is -0.0171. The number of carbonyl (C=O) groups is 2. The van der Waals surface area contributed by atoms with Crippen LogP contribution in [0.5, 0.6) is 0 Å². The van der Waals surface area contributed by atoms with Gasteiger partial charge in [-0.25, -0.2) is 9.78 Å². The molecule has 1 rings (SSSR count). The van der Waals surface area contributed by atoms with Crippen molar-refractivity contribution in [3.63, 3.8) is 0 Å². The standard InChI is InChI=1S/C12H14N2O3/c1-2-3-4-8-13-11(15)9-6-5-7-10(14-9)12(16)17/h2-3,5-7H,4,8H2,1H3,(H,13,15)(H,16,17)/b3-2+. The Balaban J connectivity index is 2.62. The molecule has 90 valence electrons. The number of nitrogens with one attached hydrogen (secondary N) is 1. The zero-order valence-electron chi connectivity index (χ0n) is 9.51. The fourth-order valence-corrected chi connectivity index (χ4v) is 1.21. The maximum Gasteiger partial charge on any atom is 0.354 e. The Morgan fingerprint density at radius 1 is 1.41 bits per heavy atom. The Bertz CT molecular complexity index is 441. The minimum Gasteiger partial charge on any atom is -0.477 e. The van der Waals surface area contributed by atoms with Crippen molar-refractivity contribution in [2.24, 2.45) is 0 Å². The van der Waals surface area contributed by atoms with E-state index in [1.165, 1.54) is 18.2 Å². The van der Waals surface area contributed by atoms with E-state index in [0.717, 1.165) is 6.42 Å². The van der Waals surface area contributed by atoms with Gasteiger partial charge in [0, 0.05) is 6.54 Å². The number of pyridine rings is 1. The molecule has 0 atom stereocenters. The fraction of sp³-hybridized carbons (Fsp3) is 0.250. The molecule has 1 aromatic rings. The van der Waals surface area contributed by atoms with Crippen molar-refractivity contribution in [1.82, 2.24) is 10.3 Å². The van der Waals surface area contributed by atoms with Crippen LogP contribution in [0.2, 0.25) is 0 Å². The molecule has 0 bridgehead atoms. The Morgan fingerprint density at radius 3 is 2.76 bits per heavy atom. The lowest BCUT2D eigenvalue weighted by molar-refractivity contribution is 0.0690. The summed E-state index contributed by atoms with van der Waals surface area (Å²) in [5.74, 6) is -1.51. The lowest BCUT2D eigenvalue weighted by Crippen LogP contribution is -2.25. The van der Waals surface area contributed by atoms with Gasteiger partial charge in [0.05, 0.1) is 0 Å². The first-order valence-corrected chi connectivity index (χ1v) is 5.25. The molecule has 0 aromatic carbocycles. The van der Waals surface area contributed by atoms with Gasteiger partial charge >= 0.3 is 5.97 Å². The maximum absolute atomic E-state index is 11.6. The quantitative estimate of drug-likeness (QED) is 0.597. The number of hydrogen-bond acceptors (Lipinski definition) is 3. The first-order valence-electron chi connectivity index (χ1n) is 5.25. The molecule has 1 amide bonds. The lowest BCUT2D eigenvalue weighted by Gasteiger charge is -2.03. The van der Waals surface area contributed by atoms with Gasteiger partial charge in [-0.05, 0) is 25.5 Å². The average molecular weight is 234 g/mol. The van der Waals surface area contributed by atoms with Crippen molar-refractivity contribution in [1.29, 1.82) is 0 Å². The van der Waals surface area contributed by atoms with Crippen LogP contribution in [0.25, 0.3) is 0 Å². The highest BCUT2D eigenvalue weighted by molar-refractivity contribution is 5.94. The van der Waals surface area contributed by atoms with Gasteiger partial charge < -0.3 is 10.4 Å². The number of allylic oxidation sites excluding steroid dienone is 1.